The van der Waals surface area contributed by atoms with Gasteiger partial charge in [-0.3, -0.25) is 14.7 Å². The Morgan fingerprint density at radius 2 is 1.48 bits per heavy atom. The summed E-state index contributed by atoms with van der Waals surface area (Å²) in [6.07, 6.45) is 5.47. The molecule has 0 spiro atoms. The Bertz CT molecular complexity index is 2430. The number of methoxy groups -OCH3 is 1. The average Bonchev–Trinajstić information content (AvgIpc) is 4.13. The topological polar surface area (TPSA) is 167 Å². The molecular weight excluding hydrogens is 761 g/mol. The van der Waals surface area contributed by atoms with E-state index in [1.54, 1.807) is 0 Å². The lowest BCUT2D eigenvalue weighted by atomic mass is 10.0. The number of aryl methyl sites for hydroxylation is 2. The fourth-order valence-corrected chi connectivity index (χ4v) is 8.33. The SMILES string of the molecule is COO/C=N\[C@@H](C(=O)N1CCC[C@H]1c1nc2cc(CCc3ccc(-c4cc([C@@H]5CCCN5C(=O)[C@H](NC(=O)OC)c5ccccc5)[nH]n4)cc3)ccc2[nH]1)c1ccccc1. The lowest BCUT2D eigenvalue weighted by molar-refractivity contribution is -0.188. The van der Waals surface area contributed by atoms with Gasteiger partial charge in [0.25, 0.3) is 5.91 Å². The Morgan fingerprint density at radius 3 is 2.20 bits per heavy atom. The standard InChI is InChI=1S/C46H48N8O6/c1-58-46(57)50-42(34-13-7-4-8-14-34)45(56)53-25-9-15-39(53)38-28-36(51-52-38)32-22-19-30(20-23-32)17-18-31-21-24-35-37(27-31)49-43(48-35)40-16-10-26-54(40)44(55)41(47-29-60-59-2)33-11-5-3-6-12-33/h3-8,11-14,19-24,27-29,39-42H,9-10,15-18,25-26H2,1-2H3,(H,48,49)(H,50,57)(H,51,52)/b47-29-/t39-,40-,41+,42+/m0/s1. The number of hydrogen-bond donors (Lipinski definition) is 3. The number of benzene rings is 4. The number of aromatic amines is 2. The number of carbonyl (C=O) groups is 3. The highest BCUT2D eigenvalue weighted by Gasteiger charge is 2.38. The first-order valence-electron chi connectivity index (χ1n) is 20.3. The van der Waals surface area contributed by atoms with Crippen LogP contribution in [0.5, 0.6) is 0 Å². The Balaban J connectivity index is 0.904. The molecule has 308 valence electrons. The molecule has 4 heterocycles. The van der Waals surface area contributed by atoms with Crippen LogP contribution in [0.3, 0.4) is 0 Å². The first-order valence-corrected chi connectivity index (χ1v) is 20.3. The first-order chi connectivity index (χ1) is 29.4. The molecule has 2 fully saturated rings. The van der Waals surface area contributed by atoms with Crippen LogP contribution in [0.4, 0.5) is 4.79 Å². The molecule has 6 aromatic rings. The van der Waals surface area contributed by atoms with Gasteiger partial charge in [0.1, 0.15) is 11.9 Å². The predicted octanol–water partition coefficient (Wildman–Crippen LogP) is 7.51. The van der Waals surface area contributed by atoms with Gasteiger partial charge in [-0.2, -0.15) is 9.99 Å². The molecule has 2 aromatic heterocycles. The van der Waals surface area contributed by atoms with E-state index in [1.165, 1.54) is 31.7 Å². The number of H-pyrrole nitrogens is 2. The summed E-state index contributed by atoms with van der Waals surface area (Å²) in [5.41, 5.74) is 8.26. The molecule has 0 aliphatic carbocycles. The van der Waals surface area contributed by atoms with Crippen molar-refractivity contribution >= 4 is 35.3 Å². The Labute approximate surface area is 347 Å². The maximum atomic E-state index is 13.9. The number of rotatable bonds is 14. The van der Waals surface area contributed by atoms with Gasteiger partial charge in [-0.05, 0) is 79.0 Å². The van der Waals surface area contributed by atoms with Crippen LogP contribution in [0.1, 0.15) is 83.6 Å². The number of amides is 3. The quantitative estimate of drug-likeness (QED) is 0.0440. The van der Waals surface area contributed by atoms with Crippen LogP contribution in [0.15, 0.2) is 114 Å². The number of aromatic nitrogens is 4. The fraction of sp³-hybridized carbons (Fsp3) is 0.304. The van der Waals surface area contributed by atoms with Crippen molar-refractivity contribution in [3.05, 3.63) is 143 Å². The van der Waals surface area contributed by atoms with Gasteiger partial charge in [-0.15, -0.1) is 0 Å². The molecule has 0 saturated carbocycles. The minimum Gasteiger partial charge on any atom is -0.453 e. The maximum absolute atomic E-state index is 13.9. The van der Waals surface area contributed by atoms with E-state index in [2.05, 4.69) is 72.8 Å². The summed E-state index contributed by atoms with van der Waals surface area (Å²) in [7, 11) is 2.68. The third kappa shape index (κ3) is 8.78. The van der Waals surface area contributed by atoms with Crippen LogP contribution < -0.4 is 5.32 Å². The highest BCUT2D eigenvalue weighted by atomic mass is 17.2. The molecule has 60 heavy (non-hydrogen) atoms. The summed E-state index contributed by atoms with van der Waals surface area (Å²) in [5, 5.41) is 10.5. The van der Waals surface area contributed by atoms with Crippen LogP contribution in [0.25, 0.3) is 22.3 Å². The summed E-state index contributed by atoms with van der Waals surface area (Å²) in [6, 6.07) is 33.4. The average molecular weight is 809 g/mol. The van der Waals surface area contributed by atoms with E-state index >= 15 is 0 Å². The van der Waals surface area contributed by atoms with Crippen LogP contribution in [0.2, 0.25) is 0 Å². The number of nitrogens with one attached hydrogen (secondary N) is 3. The molecular formula is C46H48N8O6. The van der Waals surface area contributed by atoms with Crippen molar-refractivity contribution in [1.29, 1.82) is 0 Å². The number of imidazole rings is 1. The second-order valence-electron chi connectivity index (χ2n) is 15.1. The molecule has 0 unspecified atom stereocenters. The van der Waals surface area contributed by atoms with Gasteiger partial charge in [0, 0.05) is 18.7 Å². The number of alkyl carbamates (subject to hydrolysis) is 1. The summed E-state index contributed by atoms with van der Waals surface area (Å²) < 4.78 is 4.83. The molecule has 4 atom stereocenters. The monoisotopic (exact) mass is 808 g/mol. The first kappa shape index (κ1) is 40.0. The van der Waals surface area contributed by atoms with Crippen LogP contribution in [-0.2, 0) is 36.9 Å². The lowest BCUT2D eigenvalue weighted by Gasteiger charge is -2.28. The van der Waals surface area contributed by atoms with Gasteiger partial charge in [0.05, 0.1) is 48.7 Å². The van der Waals surface area contributed by atoms with E-state index < -0.39 is 18.2 Å². The Hall–Kier alpha value is -6.80. The Kier molecular flexibility index (Phi) is 12.3. The molecule has 2 aliphatic rings. The molecule has 14 heteroatoms. The fourth-order valence-electron chi connectivity index (χ4n) is 8.33. The van der Waals surface area contributed by atoms with Crippen molar-refractivity contribution in [3.8, 4) is 11.3 Å². The molecule has 2 saturated heterocycles. The van der Waals surface area contributed by atoms with Crippen LogP contribution in [-0.4, -0.2) is 81.6 Å². The summed E-state index contributed by atoms with van der Waals surface area (Å²) >= 11 is 0. The van der Waals surface area contributed by atoms with Crippen molar-refractivity contribution in [1.82, 2.24) is 35.3 Å². The summed E-state index contributed by atoms with van der Waals surface area (Å²) in [5.74, 6) is 0.464. The molecule has 3 amide bonds. The third-order valence-corrected chi connectivity index (χ3v) is 11.4. The minimum absolute atomic E-state index is 0.115. The van der Waals surface area contributed by atoms with Crippen LogP contribution in [0, 0.1) is 0 Å². The van der Waals surface area contributed by atoms with Gasteiger partial charge in [-0.1, -0.05) is 91.0 Å². The van der Waals surface area contributed by atoms with Gasteiger partial charge in [0.15, 0.2) is 6.04 Å². The predicted molar refractivity (Wildman–Crippen MR) is 225 cm³/mol. The lowest BCUT2D eigenvalue weighted by Crippen LogP contribution is -2.42. The molecule has 4 aromatic carbocycles. The second kappa shape index (κ2) is 18.4. The number of hydrogen-bond acceptors (Lipinski definition) is 9. The second-order valence-corrected chi connectivity index (χ2v) is 15.1. The zero-order chi connectivity index (χ0) is 41.4. The van der Waals surface area contributed by atoms with E-state index in [1.807, 2.05) is 76.5 Å². The zero-order valence-electron chi connectivity index (χ0n) is 33.6. The highest BCUT2D eigenvalue weighted by molar-refractivity contribution is 5.88. The number of likely N-dealkylation sites (tertiary alicyclic amines) is 2. The van der Waals surface area contributed by atoms with Crippen LogP contribution >= 0.6 is 0 Å². The maximum Gasteiger partial charge on any atom is 0.407 e. The third-order valence-electron chi connectivity index (χ3n) is 11.4. The van der Waals surface area contributed by atoms with Crippen molar-refractivity contribution in [2.24, 2.45) is 4.99 Å². The molecule has 14 nitrogen and oxygen atoms in total. The van der Waals surface area contributed by atoms with Gasteiger partial charge in [0.2, 0.25) is 12.3 Å². The van der Waals surface area contributed by atoms with Crippen molar-refractivity contribution in [2.75, 3.05) is 27.3 Å². The number of carbonyl (C=O) groups excluding carboxylic acids is 3. The number of nitrogens with zero attached hydrogens (tertiary/aromatic N) is 5. The molecule has 0 radical (unpaired) electrons. The zero-order valence-corrected chi connectivity index (χ0v) is 33.6. The van der Waals surface area contributed by atoms with Crippen molar-refractivity contribution in [2.45, 2.75) is 62.7 Å². The van der Waals surface area contributed by atoms with E-state index in [9.17, 15) is 14.4 Å². The molecule has 3 N–H and O–H groups in total. The number of fused-ring (bicyclic) bond motifs is 1. The Morgan fingerprint density at radius 1 is 0.817 bits per heavy atom. The van der Waals surface area contributed by atoms with E-state index in [0.717, 1.165) is 77.9 Å². The van der Waals surface area contributed by atoms with E-state index in [4.69, 9.17) is 14.6 Å². The normalized spacial score (nSPS) is 17.6. The van der Waals surface area contributed by atoms with Crippen molar-refractivity contribution in [3.63, 3.8) is 0 Å². The number of ether oxygens (including phenoxy) is 1. The number of aliphatic imine (C=N–C) groups is 1. The minimum atomic E-state index is -0.865. The molecule has 2 aliphatic heterocycles. The smallest absolute Gasteiger partial charge is 0.407 e. The molecule has 0 bridgehead atoms. The summed E-state index contributed by atoms with van der Waals surface area (Å²) in [4.78, 5) is 66.2. The van der Waals surface area contributed by atoms with Gasteiger partial charge in [-0.25, -0.2) is 14.8 Å². The van der Waals surface area contributed by atoms with Crippen molar-refractivity contribution < 1.29 is 28.9 Å². The summed E-state index contributed by atoms with van der Waals surface area (Å²) in [6.45, 7) is 1.19. The molecule has 8 rings (SSSR count). The van der Waals surface area contributed by atoms with Gasteiger partial charge >= 0.3 is 6.09 Å². The van der Waals surface area contributed by atoms with Gasteiger partial charge < -0.3 is 29.7 Å². The van der Waals surface area contributed by atoms with E-state index in [0.29, 0.717) is 18.7 Å². The highest BCUT2D eigenvalue weighted by Crippen LogP contribution is 2.36. The van der Waals surface area contributed by atoms with E-state index in [-0.39, 0.29) is 23.9 Å². The largest absolute Gasteiger partial charge is 0.453 e.